The third-order valence-electron chi connectivity index (χ3n) is 6.51. The molecule has 3 aromatic heterocycles. The lowest BCUT2D eigenvalue weighted by Crippen LogP contribution is -2.48. The van der Waals surface area contributed by atoms with Gasteiger partial charge in [-0.05, 0) is 50.6 Å². The zero-order valence-electron chi connectivity index (χ0n) is 21.9. The summed E-state index contributed by atoms with van der Waals surface area (Å²) in [4.78, 5) is 33.3. The Kier molecular flexibility index (Phi) is 8.50. The molecule has 13 heteroatoms. The van der Waals surface area contributed by atoms with Gasteiger partial charge in [0.15, 0.2) is 5.76 Å². The first-order chi connectivity index (χ1) is 19.5. The standard InChI is InChI=1S/C27H29FN6O6/c1-18(30-25(35)22-5-2-15-38-22)27(36)34-12-3-10-33(13-14-34)11-4-16-37-19-6-7-20(21(28)17-19)24-31-26(40-32-24)23-8-9-29-39-23/h2,5-9,15,17-18H,3-4,10-14,16H2,1H3,(H,30,35)/t18-/m0/s1. The van der Waals surface area contributed by atoms with Crippen LogP contribution in [-0.4, -0.2) is 82.3 Å². The minimum atomic E-state index is -0.653. The Morgan fingerprint density at radius 3 is 2.83 bits per heavy atom. The van der Waals surface area contributed by atoms with Crippen molar-refractivity contribution in [3.8, 4) is 28.8 Å². The van der Waals surface area contributed by atoms with E-state index in [0.717, 1.165) is 25.9 Å². The highest BCUT2D eigenvalue weighted by molar-refractivity contribution is 5.95. The second kappa shape index (κ2) is 12.6. The van der Waals surface area contributed by atoms with Gasteiger partial charge in [0.1, 0.15) is 17.6 Å². The molecule has 210 valence electrons. The summed E-state index contributed by atoms with van der Waals surface area (Å²) < 4.78 is 35.7. The van der Waals surface area contributed by atoms with E-state index in [-0.39, 0.29) is 28.9 Å². The van der Waals surface area contributed by atoms with Gasteiger partial charge >= 0.3 is 0 Å². The molecule has 1 saturated heterocycles. The normalized spacial score (nSPS) is 15.0. The molecule has 0 aliphatic carbocycles. The van der Waals surface area contributed by atoms with Gasteiger partial charge in [-0.1, -0.05) is 10.3 Å². The Hall–Kier alpha value is -4.52. The van der Waals surface area contributed by atoms with Crippen LogP contribution in [0.15, 0.2) is 62.3 Å². The first-order valence-corrected chi connectivity index (χ1v) is 13.0. The van der Waals surface area contributed by atoms with Gasteiger partial charge in [0.25, 0.3) is 11.8 Å². The number of nitrogens with zero attached hydrogens (tertiary/aromatic N) is 5. The van der Waals surface area contributed by atoms with Crippen molar-refractivity contribution in [2.45, 2.75) is 25.8 Å². The smallest absolute Gasteiger partial charge is 0.296 e. The van der Waals surface area contributed by atoms with Crippen LogP contribution in [0.25, 0.3) is 23.0 Å². The zero-order valence-corrected chi connectivity index (χ0v) is 21.9. The van der Waals surface area contributed by atoms with Gasteiger partial charge in [0.2, 0.25) is 17.5 Å². The van der Waals surface area contributed by atoms with Gasteiger partial charge in [-0.15, -0.1) is 0 Å². The summed E-state index contributed by atoms with van der Waals surface area (Å²) in [5.41, 5.74) is 0.181. The van der Waals surface area contributed by atoms with E-state index < -0.39 is 17.8 Å². The van der Waals surface area contributed by atoms with E-state index in [1.54, 1.807) is 36.1 Å². The van der Waals surface area contributed by atoms with E-state index in [1.807, 2.05) is 0 Å². The molecule has 4 aromatic rings. The highest BCUT2D eigenvalue weighted by atomic mass is 19.1. The van der Waals surface area contributed by atoms with E-state index in [0.29, 0.717) is 37.8 Å². The lowest BCUT2D eigenvalue weighted by atomic mass is 10.2. The maximum atomic E-state index is 14.7. The number of amides is 2. The molecular formula is C27H29FN6O6. The van der Waals surface area contributed by atoms with Crippen LogP contribution in [0.3, 0.4) is 0 Å². The minimum Gasteiger partial charge on any atom is -0.493 e. The van der Waals surface area contributed by atoms with Crippen molar-refractivity contribution in [3.05, 3.63) is 60.4 Å². The van der Waals surface area contributed by atoms with E-state index in [1.165, 1.54) is 24.6 Å². The number of carbonyl (C=O) groups excluding carboxylic acids is 2. The summed E-state index contributed by atoms with van der Waals surface area (Å²) in [5, 5.41) is 10.1. The fraction of sp³-hybridized carbons (Fsp3) is 0.370. The van der Waals surface area contributed by atoms with Crippen molar-refractivity contribution in [1.82, 2.24) is 30.4 Å². The van der Waals surface area contributed by atoms with E-state index >= 15 is 0 Å². The molecule has 4 heterocycles. The molecule has 1 N–H and O–H groups in total. The molecule has 0 saturated carbocycles. The summed E-state index contributed by atoms with van der Waals surface area (Å²) in [6.45, 7) is 5.62. The molecule has 0 bridgehead atoms. The average molecular weight is 553 g/mol. The predicted octanol–water partition coefficient (Wildman–Crippen LogP) is 3.25. The third kappa shape index (κ3) is 6.54. The van der Waals surface area contributed by atoms with Crippen LogP contribution in [-0.2, 0) is 4.79 Å². The lowest BCUT2D eigenvalue weighted by molar-refractivity contribution is -0.132. The molecule has 40 heavy (non-hydrogen) atoms. The Bertz CT molecular complexity index is 1410. The first-order valence-electron chi connectivity index (χ1n) is 13.0. The van der Waals surface area contributed by atoms with Gasteiger partial charge in [0, 0.05) is 38.3 Å². The molecule has 1 fully saturated rings. The molecule has 1 aliphatic heterocycles. The Morgan fingerprint density at radius 2 is 2.05 bits per heavy atom. The van der Waals surface area contributed by atoms with E-state index in [2.05, 4.69) is 25.5 Å². The molecule has 1 aromatic carbocycles. The Morgan fingerprint density at radius 1 is 1.15 bits per heavy atom. The summed E-state index contributed by atoms with van der Waals surface area (Å²) in [6.07, 6.45) is 4.42. The maximum absolute atomic E-state index is 14.7. The Labute approximate surface area is 229 Å². The number of carbonyl (C=O) groups is 2. The highest BCUT2D eigenvalue weighted by Gasteiger charge is 2.25. The number of furan rings is 1. The van der Waals surface area contributed by atoms with Crippen molar-refractivity contribution in [3.63, 3.8) is 0 Å². The van der Waals surface area contributed by atoms with Crippen molar-refractivity contribution in [1.29, 1.82) is 0 Å². The maximum Gasteiger partial charge on any atom is 0.296 e. The van der Waals surface area contributed by atoms with Crippen LogP contribution < -0.4 is 10.1 Å². The zero-order chi connectivity index (χ0) is 27.9. The monoisotopic (exact) mass is 552 g/mol. The van der Waals surface area contributed by atoms with Crippen LogP contribution >= 0.6 is 0 Å². The number of rotatable bonds is 10. The van der Waals surface area contributed by atoms with Gasteiger partial charge in [-0.3, -0.25) is 9.59 Å². The number of aromatic nitrogens is 3. The molecule has 2 amide bonds. The number of ether oxygens (including phenoxy) is 1. The van der Waals surface area contributed by atoms with Crippen LogP contribution in [0, 0.1) is 5.82 Å². The van der Waals surface area contributed by atoms with Crippen LogP contribution in [0.4, 0.5) is 4.39 Å². The Balaban J connectivity index is 1.04. The average Bonchev–Trinajstić information content (AvgIpc) is 3.73. The number of halogens is 1. The number of hydrogen-bond acceptors (Lipinski definition) is 10. The topological polar surface area (TPSA) is 140 Å². The predicted molar refractivity (Wildman–Crippen MR) is 139 cm³/mol. The fourth-order valence-electron chi connectivity index (χ4n) is 4.43. The summed E-state index contributed by atoms with van der Waals surface area (Å²) in [7, 11) is 0. The third-order valence-corrected chi connectivity index (χ3v) is 6.51. The molecule has 5 rings (SSSR count). The SMILES string of the molecule is C[C@H](NC(=O)c1ccco1)C(=O)N1CCCN(CCCOc2ccc(-c3noc(-c4ccno4)n3)c(F)c2)CC1. The summed E-state index contributed by atoms with van der Waals surface area (Å²) in [6, 6.07) is 8.58. The molecule has 0 spiro atoms. The van der Waals surface area contributed by atoms with Crippen molar-refractivity contribution < 1.29 is 32.2 Å². The molecule has 0 unspecified atom stereocenters. The fourth-order valence-corrected chi connectivity index (χ4v) is 4.43. The van der Waals surface area contributed by atoms with Crippen molar-refractivity contribution in [2.75, 3.05) is 39.3 Å². The van der Waals surface area contributed by atoms with Crippen molar-refractivity contribution in [2.24, 2.45) is 0 Å². The van der Waals surface area contributed by atoms with Crippen LogP contribution in [0.2, 0.25) is 0 Å². The number of benzene rings is 1. The minimum absolute atomic E-state index is 0.0958. The van der Waals surface area contributed by atoms with Gasteiger partial charge < -0.3 is 33.3 Å². The quantitative estimate of drug-likeness (QED) is 0.292. The molecule has 0 radical (unpaired) electrons. The van der Waals surface area contributed by atoms with E-state index in [9.17, 15) is 14.0 Å². The van der Waals surface area contributed by atoms with Gasteiger partial charge in [-0.2, -0.15) is 4.98 Å². The molecule has 1 atom stereocenters. The summed E-state index contributed by atoms with van der Waals surface area (Å²) >= 11 is 0. The van der Waals surface area contributed by atoms with Gasteiger partial charge in [-0.25, -0.2) is 4.39 Å². The second-order valence-electron chi connectivity index (χ2n) is 9.34. The molecule has 12 nitrogen and oxygen atoms in total. The lowest BCUT2D eigenvalue weighted by Gasteiger charge is -2.25. The van der Waals surface area contributed by atoms with Crippen molar-refractivity contribution >= 4 is 11.8 Å². The first kappa shape index (κ1) is 27.1. The van der Waals surface area contributed by atoms with Crippen LogP contribution in [0.1, 0.15) is 30.3 Å². The van der Waals surface area contributed by atoms with Gasteiger partial charge in [0.05, 0.1) is 24.6 Å². The number of hydrogen-bond donors (Lipinski definition) is 1. The van der Waals surface area contributed by atoms with E-state index in [4.69, 9.17) is 18.2 Å². The second-order valence-corrected chi connectivity index (χ2v) is 9.34. The number of nitrogens with one attached hydrogen (secondary N) is 1. The highest BCUT2D eigenvalue weighted by Crippen LogP contribution is 2.26. The molecular weight excluding hydrogens is 523 g/mol. The largest absolute Gasteiger partial charge is 0.493 e. The molecule has 1 aliphatic rings. The van der Waals surface area contributed by atoms with Crippen LogP contribution in [0.5, 0.6) is 5.75 Å². The summed E-state index contributed by atoms with van der Waals surface area (Å²) in [5.74, 6) is 0.0131.